The number of nitrogens with zero attached hydrogens (tertiary/aromatic N) is 3. The summed E-state index contributed by atoms with van der Waals surface area (Å²) >= 11 is 0. The lowest BCUT2D eigenvalue weighted by molar-refractivity contribution is -0.141. The monoisotopic (exact) mass is 496 g/mol. The molecule has 1 aromatic rings. The van der Waals surface area contributed by atoms with Crippen molar-refractivity contribution in [2.45, 2.75) is 44.6 Å². The van der Waals surface area contributed by atoms with Crippen molar-refractivity contribution in [2.24, 2.45) is 11.8 Å². The van der Waals surface area contributed by atoms with Crippen molar-refractivity contribution < 1.29 is 33.9 Å². The Bertz CT molecular complexity index is 1170. The molecule has 0 aliphatic carbocycles. The number of piperidine rings is 2. The molecule has 3 saturated heterocycles. The zero-order valence-corrected chi connectivity index (χ0v) is 19.8. The molecule has 36 heavy (non-hydrogen) atoms. The number of anilines is 1. The van der Waals surface area contributed by atoms with Crippen LogP contribution in [0.2, 0.25) is 0 Å². The number of carboxylic acid groups (broad SMARTS) is 1. The highest BCUT2D eigenvalue weighted by Gasteiger charge is 2.46. The van der Waals surface area contributed by atoms with Gasteiger partial charge in [-0.25, -0.2) is 0 Å². The Balaban J connectivity index is 1.31. The smallest absolute Gasteiger partial charge is 0.308 e. The molecule has 190 valence electrons. The first-order valence-electron chi connectivity index (χ1n) is 12.3. The molecule has 0 aromatic heterocycles. The fraction of sp³-hybridized carbons (Fsp3) is 0.520. The van der Waals surface area contributed by atoms with Gasteiger partial charge in [-0.2, -0.15) is 0 Å². The summed E-state index contributed by atoms with van der Waals surface area (Å²) in [6.07, 6.45) is 2.56. The lowest BCUT2D eigenvalue weighted by Crippen LogP contribution is -2.54. The summed E-state index contributed by atoms with van der Waals surface area (Å²) in [6, 6.07) is 4.03. The Morgan fingerprint density at radius 1 is 1.00 bits per heavy atom. The molecule has 11 heteroatoms. The summed E-state index contributed by atoms with van der Waals surface area (Å²) in [6.45, 7) is 1.87. The zero-order valence-electron chi connectivity index (χ0n) is 19.8. The molecule has 4 aliphatic heterocycles. The molecule has 0 radical (unpaired) electrons. The third kappa shape index (κ3) is 4.22. The molecular weight excluding hydrogens is 468 g/mol. The Morgan fingerprint density at radius 2 is 1.81 bits per heavy atom. The largest absolute Gasteiger partial charge is 0.481 e. The zero-order chi connectivity index (χ0) is 25.6. The molecular formula is C25H28N4O7. The van der Waals surface area contributed by atoms with Crippen LogP contribution in [0.4, 0.5) is 5.69 Å². The highest BCUT2D eigenvalue weighted by molar-refractivity contribution is 6.25. The number of benzene rings is 1. The Morgan fingerprint density at radius 3 is 2.53 bits per heavy atom. The van der Waals surface area contributed by atoms with Crippen LogP contribution in [0.15, 0.2) is 18.2 Å². The van der Waals surface area contributed by atoms with Gasteiger partial charge in [0, 0.05) is 39.0 Å². The van der Waals surface area contributed by atoms with Crippen LogP contribution in [0.1, 0.15) is 59.2 Å². The van der Waals surface area contributed by atoms with Crippen LogP contribution in [-0.4, -0.2) is 82.6 Å². The highest BCUT2D eigenvalue weighted by atomic mass is 16.4. The summed E-state index contributed by atoms with van der Waals surface area (Å²) in [5, 5.41) is 11.4. The number of aliphatic carboxylic acids is 1. The van der Waals surface area contributed by atoms with Crippen molar-refractivity contribution in [3.63, 3.8) is 0 Å². The van der Waals surface area contributed by atoms with E-state index in [9.17, 15) is 33.9 Å². The normalized spacial score (nSPS) is 26.3. The fourth-order valence-corrected chi connectivity index (χ4v) is 5.78. The first-order chi connectivity index (χ1) is 17.2. The van der Waals surface area contributed by atoms with E-state index in [1.54, 1.807) is 23.1 Å². The van der Waals surface area contributed by atoms with Gasteiger partial charge in [-0.05, 0) is 43.7 Å². The standard InChI is InChI=1S/C25H28N4O7/c30-19-7-6-18(22(32)26-19)29-23(33)16-4-1-5-17(21(16)24(29)34)27-9-2-3-14(12-27)11-20(31)28-10-8-15(13-28)25(35)36/h1,4-5,14-15,18H,2-3,6-13H2,(H,35,36)(H,26,30,32)/t14-,15?,18?/m0/s1. The molecule has 3 atom stereocenters. The minimum absolute atomic E-state index is 0.0319. The predicted molar refractivity (Wildman–Crippen MR) is 125 cm³/mol. The van der Waals surface area contributed by atoms with Gasteiger partial charge in [-0.15, -0.1) is 0 Å². The molecule has 0 bridgehead atoms. The van der Waals surface area contributed by atoms with Gasteiger partial charge in [0.25, 0.3) is 11.8 Å². The van der Waals surface area contributed by atoms with E-state index in [-0.39, 0.29) is 42.3 Å². The Labute approximate surface area is 207 Å². The van der Waals surface area contributed by atoms with Crippen molar-refractivity contribution in [3.05, 3.63) is 29.3 Å². The molecule has 1 aromatic carbocycles. The number of likely N-dealkylation sites (tertiary alicyclic amines) is 1. The minimum Gasteiger partial charge on any atom is -0.481 e. The van der Waals surface area contributed by atoms with Gasteiger partial charge in [0.15, 0.2) is 0 Å². The number of amides is 5. The maximum atomic E-state index is 13.4. The SMILES string of the molecule is O=C1CCC(N2C(=O)c3cccc(N4CCC[C@@H](CC(=O)N5CCC(C(=O)O)C5)C4)c3C2=O)C(=O)N1. The number of carbonyl (C=O) groups is 6. The first kappa shape index (κ1) is 24.0. The third-order valence-electron chi connectivity index (χ3n) is 7.66. The average molecular weight is 497 g/mol. The number of fused-ring (bicyclic) bond motifs is 1. The fourth-order valence-electron chi connectivity index (χ4n) is 5.78. The van der Waals surface area contributed by atoms with Crippen LogP contribution in [0.5, 0.6) is 0 Å². The minimum atomic E-state index is -1.02. The van der Waals surface area contributed by atoms with Crippen LogP contribution >= 0.6 is 0 Å². The second kappa shape index (κ2) is 9.36. The molecule has 0 saturated carbocycles. The molecule has 4 aliphatic rings. The summed E-state index contributed by atoms with van der Waals surface area (Å²) in [5.74, 6) is -3.58. The molecule has 2 unspecified atom stereocenters. The second-order valence-corrected chi connectivity index (χ2v) is 9.97. The number of carbonyl (C=O) groups excluding carboxylic acids is 5. The maximum absolute atomic E-state index is 13.4. The van der Waals surface area contributed by atoms with Crippen molar-refractivity contribution in [1.29, 1.82) is 0 Å². The van der Waals surface area contributed by atoms with E-state index in [2.05, 4.69) is 5.32 Å². The number of hydrogen-bond donors (Lipinski definition) is 2. The van der Waals surface area contributed by atoms with Crippen LogP contribution in [-0.2, 0) is 19.2 Å². The lowest BCUT2D eigenvalue weighted by atomic mass is 9.93. The van der Waals surface area contributed by atoms with Crippen LogP contribution < -0.4 is 10.2 Å². The Hall–Kier alpha value is -3.76. The molecule has 0 spiro atoms. The molecule has 5 amide bonds. The van der Waals surface area contributed by atoms with E-state index in [1.165, 1.54) is 0 Å². The summed E-state index contributed by atoms with van der Waals surface area (Å²) in [4.78, 5) is 79.1. The number of carboxylic acids is 1. The van der Waals surface area contributed by atoms with Crippen molar-refractivity contribution in [2.75, 3.05) is 31.1 Å². The second-order valence-electron chi connectivity index (χ2n) is 9.97. The van der Waals surface area contributed by atoms with E-state index in [1.807, 2.05) is 4.90 Å². The van der Waals surface area contributed by atoms with E-state index in [0.717, 1.165) is 17.7 Å². The lowest BCUT2D eigenvalue weighted by Gasteiger charge is -2.35. The molecule has 3 fully saturated rings. The van der Waals surface area contributed by atoms with Crippen LogP contribution in [0.25, 0.3) is 0 Å². The first-order valence-corrected chi connectivity index (χ1v) is 12.3. The van der Waals surface area contributed by atoms with Gasteiger partial charge >= 0.3 is 5.97 Å². The van der Waals surface area contributed by atoms with Crippen LogP contribution in [0, 0.1) is 11.8 Å². The van der Waals surface area contributed by atoms with Gasteiger partial charge in [-0.1, -0.05) is 6.07 Å². The van der Waals surface area contributed by atoms with Gasteiger partial charge in [0.2, 0.25) is 17.7 Å². The third-order valence-corrected chi connectivity index (χ3v) is 7.66. The highest BCUT2D eigenvalue weighted by Crippen LogP contribution is 2.36. The number of hydrogen-bond acceptors (Lipinski definition) is 7. The molecule has 11 nitrogen and oxygen atoms in total. The van der Waals surface area contributed by atoms with Crippen molar-refractivity contribution in [3.8, 4) is 0 Å². The van der Waals surface area contributed by atoms with E-state index >= 15 is 0 Å². The van der Waals surface area contributed by atoms with Crippen molar-refractivity contribution >= 4 is 41.2 Å². The van der Waals surface area contributed by atoms with Gasteiger partial charge in [0.05, 0.1) is 22.7 Å². The summed E-state index contributed by atoms with van der Waals surface area (Å²) < 4.78 is 0. The Kier molecular flexibility index (Phi) is 6.23. The van der Waals surface area contributed by atoms with Gasteiger partial charge in [-0.3, -0.25) is 39.0 Å². The molecule has 4 heterocycles. The molecule has 2 N–H and O–H groups in total. The maximum Gasteiger partial charge on any atom is 0.308 e. The van der Waals surface area contributed by atoms with Crippen LogP contribution in [0.3, 0.4) is 0 Å². The van der Waals surface area contributed by atoms with E-state index in [0.29, 0.717) is 38.2 Å². The average Bonchev–Trinajstić information content (AvgIpc) is 3.44. The number of rotatable bonds is 5. The van der Waals surface area contributed by atoms with Crippen molar-refractivity contribution in [1.82, 2.24) is 15.1 Å². The summed E-state index contributed by atoms with van der Waals surface area (Å²) in [5.41, 5.74) is 1.09. The van der Waals surface area contributed by atoms with E-state index < -0.39 is 41.6 Å². The summed E-state index contributed by atoms with van der Waals surface area (Å²) in [7, 11) is 0. The van der Waals surface area contributed by atoms with Gasteiger partial charge in [0.1, 0.15) is 6.04 Å². The predicted octanol–water partition coefficient (Wildman–Crippen LogP) is 0.627. The molecule has 5 rings (SSSR count). The number of nitrogens with one attached hydrogen (secondary N) is 1. The van der Waals surface area contributed by atoms with Gasteiger partial charge < -0.3 is 14.9 Å². The van der Waals surface area contributed by atoms with E-state index in [4.69, 9.17) is 0 Å². The topological polar surface area (TPSA) is 144 Å². The number of imide groups is 2. The quantitative estimate of drug-likeness (QED) is 0.565.